The van der Waals surface area contributed by atoms with Crippen LogP contribution in [0.15, 0.2) is 12.3 Å². The molecule has 0 bridgehead atoms. The van der Waals surface area contributed by atoms with Crippen LogP contribution >= 0.6 is 0 Å². The molecule has 1 saturated carbocycles. The predicted molar refractivity (Wildman–Crippen MR) is 70.7 cm³/mol. The molecule has 0 spiro atoms. The average Bonchev–Trinajstić information content (AvgIpc) is 3.00. The van der Waals surface area contributed by atoms with Gasteiger partial charge in [0.05, 0.1) is 12.3 Å². The number of rotatable bonds is 3. The Hall–Kier alpha value is -1.05. The van der Waals surface area contributed by atoms with E-state index in [2.05, 4.69) is 45.7 Å². The molecular formula is C15H23NO. The van der Waals surface area contributed by atoms with Gasteiger partial charge in [0.25, 0.3) is 0 Å². The van der Waals surface area contributed by atoms with Crippen LogP contribution in [0.4, 0.5) is 0 Å². The van der Waals surface area contributed by atoms with E-state index in [4.69, 9.17) is 4.74 Å². The molecule has 0 radical (unpaired) electrons. The van der Waals surface area contributed by atoms with E-state index in [1.165, 1.54) is 18.4 Å². The van der Waals surface area contributed by atoms with Crippen LogP contribution in [0.1, 0.15) is 64.6 Å². The highest BCUT2D eigenvalue weighted by Gasteiger charge is 2.27. The van der Waals surface area contributed by atoms with Crippen LogP contribution in [0.3, 0.4) is 0 Å². The van der Waals surface area contributed by atoms with Crippen molar-refractivity contribution >= 4 is 0 Å². The average molecular weight is 233 g/mol. The molecule has 0 aromatic carbocycles. The maximum Gasteiger partial charge on any atom is 0.141 e. The molecule has 0 unspecified atom stereocenters. The summed E-state index contributed by atoms with van der Waals surface area (Å²) >= 11 is 0. The van der Waals surface area contributed by atoms with E-state index in [0.29, 0.717) is 12.0 Å². The van der Waals surface area contributed by atoms with Gasteiger partial charge in [-0.05, 0) is 30.2 Å². The van der Waals surface area contributed by atoms with E-state index in [1.54, 1.807) is 0 Å². The molecule has 1 heterocycles. The summed E-state index contributed by atoms with van der Waals surface area (Å²) in [7, 11) is 0. The number of ether oxygens (including phenoxy) is 1. The summed E-state index contributed by atoms with van der Waals surface area (Å²) in [5.41, 5.74) is 2.54. The van der Waals surface area contributed by atoms with E-state index < -0.39 is 0 Å². The second kappa shape index (κ2) is 4.32. The lowest BCUT2D eigenvalue weighted by molar-refractivity contribution is 0.293. The first-order valence-corrected chi connectivity index (χ1v) is 6.55. The fourth-order valence-electron chi connectivity index (χ4n) is 1.82. The Balaban J connectivity index is 2.36. The smallest absolute Gasteiger partial charge is 0.141 e. The normalized spacial score (nSPS) is 16.4. The van der Waals surface area contributed by atoms with Gasteiger partial charge in [-0.3, -0.25) is 4.98 Å². The zero-order chi connectivity index (χ0) is 12.6. The van der Waals surface area contributed by atoms with E-state index in [1.807, 2.05) is 6.20 Å². The van der Waals surface area contributed by atoms with Crippen molar-refractivity contribution in [1.29, 1.82) is 0 Å². The van der Waals surface area contributed by atoms with Gasteiger partial charge in [-0.15, -0.1) is 0 Å². The predicted octanol–water partition coefficient (Wildman–Crippen LogP) is 4.04. The van der Waals surface area contributed by atoms with Crippen molar-refractivity contribution in [1.82, 2.24) is 4.98 Å². The van der Waals surface area contributed by atoms with Gasteiger partial charge in [-0.1, -0.05) is 34.6 Å². The Labute approximate surface area is 104 Å². The number of hydrogen-bond donors (Lipinski definition) is 0. The minimum atomic E-state index is 0.108. The summed E-state index contributed by atoms with van der Waals surface area (Å²) in [6.45, 7) is 11.0. The van der Waals surface area contributed by atoms with Gasteiger partial charge in [0.1, 0.15) is 5.75 Å². The highest BCUT2D eigenvalue weighted by atomic mass is 16.5. The highest BCUT2D eigenvalue weighted by Crippen LogP contribution is 2.36. The van der Waals surface area contributed by atoms with Crippen molar-refractivity contribution < 1.29 is 4.74 Å². The van der Waals surface area contributed by atoms with Crippen molar-refractivity contribution in [3.05, 3.63) is 23.5 Å². The first-order chi connectivity index (χ1) is 7.88. The van der Waals surface area contributed by atoms with Gasteiger partial charge >= 0.3 is 0 Å². The molecule has 1 aromatic heterocycles. The summed E-state index contributed by atoms with van der Waals surface area (Å²) in [6.07, 6.45) is 4.72. The molecule has 1 aliphatic rings. The van der Waals surface area contributed by atoms with Gasteiger partial charge in [-0.25, -0.2) is 0 Å². The Morgan fingerprint density at radius 3 is 2.41 bits per heavy atom. The Kier molecular flexibility index (Phi) is 3.15. The maximum absolute atomic E-state index is 5.96. The molecule has 2 heteroatoms. The number of hydrogen-bond acceptors (Lipinski definition) is 2. The highest BCUT2D eigenvalue weighted by molar-refractivity contribution is 5.38. The third-order valence-corrected chi connectivity index (χ3v) is 3.11. The summed E-state index contributed by atoms with van der Waals surface area (Å²) in [5, 5.41) is 0. The van der Waals surface area contributed by atoms with Gasteiger partial charge in [0.15, 0.2) is 0 Å². The van der Waals surface area contributed by atoms with Crippen molar-refractivity contribution in [3.63, 3.8) is 0 Å². The summed E-state index contributed by atoms with van der Waals surface area (Å²) in [5.74, 6) is 1.44. The molecule has 2 rings (SSSR count). The number of aromatic nitrogens is 1. The minimum Gasteiger partial charge on any atom is -0.489 e. The van der Waals surface area contributed by atoms with E-state index in [0.717, 1.165) is 11.4 Å². The Morgan fingerprint density at radius 1 is 1.29 bits per heavy atom. The van der Waals surface area contributed by atoms with Crippen molar-refractivity contribution in [2.24, 2.45) is 0 Å². The lowest BCUT2D eigenvalue weighted by Crippen LogP contribution is -2.15. The largest absolute Gasteiger partial charge is 0.489 e. The topological polar surface area (TPSA) is 22.1 Å². The monoisotopic (exact) mass is 233 g/mol. The fourth-order valence-corrected chi connectivity index (χ4v) is 1.82. The lowest BCUT2D eigenvalue weighted by atomic mass is 9.86. The second-order valence-electron chi connectivity index (χ2n) is 6.33. The van der Waals surface area contributed by atoms with Gasteiger partial charge in [0, 0.05) is 11.3 Å². The first-order valence-electron chi connectivity index (χ1n) is 6.55. The number of nitrogens with zero attached hydrogens (tertiary/aromatic N) is 1. The molecule has 1 aliphatic carbocycles. The standard InChI is InChI=1S/C15H23NO/c1-10(2)13-8-12(15(3,4)5)14(9-16-13)17-11-6-7-11/h8-11H,6-7H2,1-5H3. The van der Waals surface area contributed by atoms with Gasteiger partial charge in [0.2, 0.25) is 0 Å². The fraction of sp³-hybridized carbons (Fsp3) is 0.667. The minimum absolute atomic E-state index is 0.108. The van der Waals surface area contributed by atoms with Crippen LogP contribution in [0.25, 0.3) is 0 Å². The molecule has 0 N–H and O–H groups in total. The van der Waals surface area contributed by atoms with Gasteiger partial charge in [-0.2, -0.15) is 0 Å². The third-order valence-electron chi connectivity index (χ3n) is 3.11. The van der Waals surface area contributed by atoms with Crippen molar-refractivity contribution in [3.8, 4) is 5.75 Å². The molecule has 94 valence electrons. The Morgan fingerprint density at radius 2 is 1.94 bits per heavy atom. The molecule has 1 aromatic rings. The van der Waals surface area contributed by atoms with Crippen LogP contribution in [0.5, 0.6) is 5.75 Å². The van der Waals surface area contributed by atoms with Crippen LogP contribution in [0, 0.1) is 0 Å². The van der Waals surface area contributed by atoms with Crippen LogP contribution in [-0.2, 0) is 5.41 Å². The van der Waals surface area contributed by atoms with Crippen LogP contribution in [-0.4, -0.2) is 11.1 Å². The Bertz CT molecular complexity index is 400. The molecule has 1 fully saturated rings. The summed E-state index contributed by atoms with van der Waals surface area (Å²) in [4.78, 5) is 4.51. The van der Waals surface area contributed by atoms with E-state index >= 15 is 0 Å². The molecular weight excluding hydrogens is 210 g/mol. The first kappa shape index (κ1) is 12.4. The van der Waals surface area contributed by atoms with Crippen LogP contribution in [0.2, 0.25) is 0 Å². The van der Waals surface area contributed by atoms with Crippen molar-refractivity contribution in [2.75, 3.05) is 0 Å². The molecule has 0 saturated heterocycles. The molecule has 0 amide bonds. The summed E-state index contributed by atoms with van der Waals surface area (Å²) < 4.78 is 5.96. The third kappa shape index (κ3) is 2.99. The number of pyridine rings is 1. The van der Waals surface area contributed by atoms with Crippen LogP contribution < -0.4 is 4.74 Å². The zero-order valence-electron chi connectivity index (χ0n) is 11.6. The maximum atomic E-state index is 5.96. The lowest BCUT2D eigenvalue weighted by Gasteiger charge is -2.23. The van der Waals surface area contributed by atoms with Gasteiger partial charge < -0.3 is 4.74 Å². The second-order valence-corrected chi connectivity index (χ2v) is 6.33. The molecule has 2 nitrogen and oxygen atoms in total. The molecule has 0 atom stereocenters. The molecule has 0 aliphatic heterocycles. The quantitative estimate of drug-likeness (QED) is 0.786. The van der Waals surface area contributed by atoms with E-state index in [-0.39, 0.29) is 5.41 Å². The molecule has 17 heavy (non-hydrogen) atoms. The van der Waals surface area contributed by atoms with Crippen molar-refractivity contribution in [2.45, 2.75) is 64.9 Å². The zero-order valence-corrected chi connectivity index (χ0v) is 11.6. The summed E-state index contributed by atoms with van der Waals surface area (Å²) in [6, 6.07) is 2.21. The van der Waals surface area contributed by atoms with E-state index in [9.17, 15) is 0 Å². The SMILES string of the molecule is CC(C)c1cc(C(C)(C)C)c(OC2CC2)cn1.